The van der Waals surface area contributed by atoms with E-state index >= 15 is 0 Å². The van der Waals surface area contributed by atoms with E-state index in [1.807, 2.05) is 6.92 Å². The van der Waals surface area contributed by atoms with Crippen molar-refractivity contribution in [3.05, 3.63) is 29.8 Å². The van der Waals surface area contributed by atoms with Crippen molar-refractivity contribution in [2.45, 2.75) is 45.6 Å². The second-order valence-corrected chi connectivity index (χ2v) is 5.80. The summed E-state index contributed by atoms with van der Waals surface area (Å²) in [6.45, 7) is 9.58. The highest BCUT2D eigenvalue weighted by molar-refractivity contribution is 5.85. The van der Waals surface area contributed by atoms with E-state index < -0.39 is 0 Å². The van der Waals surface area contributed by atoms with Gasteiger partial charge in [-0.1, -0.05) is 38.3 Å². The van der Waals surface area contributed by atoms with Crippen LogP contribution in [0, 0.1) is 0 Å². The zero-order valence-corrected chi connectivity index (χ0v) is 16.1. The first-order chi connectivity index (χ1) is 10.3. The predicted molar refractivity (Wildman–Crippen MR) is 103 cm³/mol. The summed E-state index contributed by atoms with van der Waals surface area (Å²) in [7, 11) is 0. The number of ether oxygens (including phenoxy) is 1. The van der Waals surface area contributed by atoms with Gasteiger partial charge in [0, 0.05) is 32.2 Å². The number of benzene rings is 1. The molecular formula is C18H32Cl2N2O. The molecule has 1 fully saturated rings. The number of unbranched alkanes of at least 4 members (excludes halogenated alkanes) is 2. The molecule has 5 heteroatoms. The molecule has 134 valence electrons. The number of rotatable bonds is 8. The molecule has 0 saturated carbocycles. The lowest BCUT2D eigenvalue weighted by molar-refractivity contribution is 0.162. The van der Waals surface area contributed by atoms with E-state index in [1.165, 1.54) is 31.2 Å². The van der Waals surface area contributed by atoms with Gasteiger partial charge in [-0.2, -0.15) is 0 Å². The monoisotopic (exact) mass is 362 g/mol. The molecule has 1 heterocycles. The Balaban J connectivity index is 0.00000242. The van der Waals surface area contributed by atoms with Gasteiger partial charge in [-0.25, -0.2) is 0 Å². The minimum atomic E-state index is 0. The third-order valence-electron chi connectivity index (χ3n) is 4.25. The SMILES string of the molecule is CCCCC[C@H](c1ccc(OCC)cc1)N1CCNCC1.Cl.Cl. The normalized spacial score (nSPS) is 16.1. The van der Waals surface area contributed by atoms with Crippen LogP contribution in [-0.4, -0.2) is 37.7 Å². The fourth-order valence-corrected chi connectivity index (χ4v) is 3.09. The van der Waals surface area contributed by atoms with Gasteiger partial charge in [-0.15, -0.1) is 24.8 Å². The molecule has 1 N–H and O–H groups in total. The third-order valence-corrected chi connectivity index (χ3v) is 4.25. The Hall–Kier alpha value is -0.480. The Bertz CT molecular complexity index is 395. The fourth-order valence-electron chi connectivity index (χ4n) is 3.09. The summed E-state index contributed by atoms with van der Waals surface area (Å²) in [5, 5.41) is 3.45. The molecule has 0 spiro atoms. The van der Waals surface area contributed by atoms with Gasteiger partial charge in [-0.3, -0.25) is 4.90 Å². The van der Waals surface area contributed by atoms with Gasteiger partial charge < -0.3 is 10.1 Å². The van der Waals surface area contributed by atoms with E-state index in [2.05, 4.69) is 41.4 Å². The molecular weight excluding hydrogens is 331 g/mol. The Labute approximate surface area is 154 Å². The topological polar surface area (TPSA) is 24.5 Å². The van der Waals surface area contributed by atoms with Crippen LogP contribution in [0.5, 0.6) is 5.75 Å². The highest BCUT2D eigenvalue weighted by Gasteiger charge is 2.21. The van der Waals surface area contributed by atoms with E-state index in [9.17, 15) is 0 Å². The molecule has 0 unspecified atom stereocenters. The van der Waals surface area contributed by atoms with Gasteiger partial charge in [0.05, 0.1) is 6.61 Å². The summed E-state index contributed by atoms with van der Waals surface area (Å²) in [6, 6.07) is 9.31. The number of piperazine rings is 1. The average Bonchev–Trinajstić information content (AvgIpc) is 2.54. The van der Waals surface area contributed by atoms with E-state index in [4.69, 9.17) is 4.74 Å². The molecule has 1 aliphatic heterocycles. The molecule has 0 bridgehead atoms. The van der Waals surface area contributed by atoms with Crippen LogP contribution in [0.1, 0.15) is 51.1 Å². The van der Waals surface area contributed by atoms with Crippen LogP contribution in [0.25, 0.3) is 0 Å². The van der Waals surface area contributed by atoms with E-state index in [0.29, 0.717) is 6.04 Å². The van der Waals surface area contributed by atoms with Gasteiger partial charge in [0.15, 0.2) is 0 Å². The van der Waals surface area contributed by atoms with Crippen LogP contribution >= 0.6 is 24.8 Å². The van der Waals surface area contributed by atoms with Crippen molar-refractivity contribution in [2.75, 3.05) is 32.8 Å². The molecule has 0 aromatic heterocycles. The van der Waals surface area contributed by atoms with Crippen LogP contribution in [0.3, 0.4) is 0 Å². The van der Waals surface area contributed by atoms with Crippen molar-refractivity contribution >= 4 is 24.8 Å². The highest BCUT2D eigenvalue weighted by atomic mass is 35.5. The van der Waals surface area contributed by atoms with Crippen LogP contribution in [0.15, 0.2) is 24.3 Å². The lowest BCUT2D eigenvalue weighted by atomic mass is 9.98. The van der Waals surface area contributed by atoms with Crippen molar-refractivity contribution in [2.24, 2.45) is 0 Å². The zero-order chi connectivity index (χ0) is 14.9. The van der Waals surface area contributed by atoms with Crippen molar-refractivity contribution in [3.63, 3.8) is 0 Å². The Morgan fingerprint density at radius 3 is 2.26 bits per heavy atom. The molecule has 1 aromatic carbocycles. The number of hydrogen-bond donors (Lipinski definition) is 1. The molecule has 23 heavy (non-hydrogen) atoms. The van der Waals surface area contributed by atoms with Gasteiger partial charge >= 0.3 is 0 Å². The summed E-state index contributed by atoms with van der Waals surface area (Å²) < 4.78 is 5.56. The van der Waals surface area contributed by atoms with Crippen LogP contribution in [0.2, 0.25) is 0 Å². The lowest BCUT2D eigenvalue weighted by Gasteiger charge is -2.35. The van der Waals surface area contributed by atoms with Gasteiger partial charge in [0.1, 0.15) is 5.75 Å². The zero-order valence-electron chi connectivity index (χ0n) is 14.4. The Morgan fingerprint density at radius 2 is 1.70 bits per heavy atom. The summed E-state index contributed by atoms with van der Waals surface area (Å²) in [6.07, 6.45) is 5.21. The minimum Gasteiger partial charge on any atom is -0.494 e. The quantitative estimate of drug-likeness (QED) is 0.691. The van der Waals surface area contributed by atoms with Crippen LogP contribution in [-0.2, 0) is 0 Å². The predicted octanol–water partition coefficient (Wildman–Crippen LogP) is 4.46. The second-order valence-electron chi connectivity index (χ2n) is 5.80. The van der Waals surface area contributed by atoms with Gasteiger partial charge in [0.25, 0.3) is 0 Å². The highest BCUT2D eigenvalue weighted by Crippen LogP contribution is 2.28. The summed E-state index contributed by atoms with van der Waals surface area (Å²) in [5.41, 5.74) is 1.44. The Kier molecular flexibility index (Phi) is 12.6. The average molecular weight is 363 g/mol. The van der Waals surface area contributed by atoms with Crippen molar-refractivity contribution in [1.82, 2.24) is 10.2 Å². The van der Waals surface area contributed by atoms with E-state index in [0.717, 1.165) is 38.5 Å². The molecule has 0 amide bonds. The maximum absolute atomic E-state index is 5.56. The summed E-state index contributed by atoms with van der Waals surface area (Å²) in [5.74, 6) is 0.980. The first-order valence-corrected chi connectivity index (χ1v) is 8.52. The largest absolute Gasteiger partial charge is 0.494 e. The maximum Gasteiger partial charge on any atom is 0.119 e. The summed E-state index contributed by atoms with van der Waals surface area (Å²) in [4.78, 5) is 2.64. The first kappa shape index (κ1) is 22.5. The van der Waals surface area contributed by atoms with Crippen LogP contribution < -0.4 is 10.1 Å². The third kappa shape index (κ3) is 7.30. The molecule has 3 nitrogen and oxygen atoms in total. The second kappa shape index (κ2) is 12.9. The minimum absolute atomic E-state index is 0. The first-order valence-electron chi connectivity index (χ1n) is 8.52. The number of halogens is 2. The van der Waals surface area contributed by atoms with Gasteiger partial charge in [0.2, 0.25) is 0 Å². The fraction of sp³-hybridized carbons (Fsp3) is 0.667. The lowest BCUT2D eigenvalue weighted by Crippen LogP contribution is -2.45. The molecule has 0 radical (unpaired) electrons. The van der Waals surface area contributed by atoms with Crippen molar-refractivity contribution in [3.8, 4) is 5.75 Å². The van der Waals surface area contributed by atoms with E-state index in [1.54, 1.807) is 0 Å². The number of hydrogen-bond acceptors (Lipinski definition) is 3. The molecule has 1 atom stereocenters. The van der Waals surface area contributed by atoms with Gasteiger partial charge in [-0.05, 0) is 31.0 Å². The van der Waals surface area contributed by atoms with Crippen molar-refractivity contribution < 1.29 is 4.74 Å². The maximum atomic E-state index is 5.56. The number of nitrogens with one attached hydrogen (secondary N) is 1. The standard InChI is InChI=1S/C18H30N2O.2ClH/c1-3-5-6-7-18(20-14-12-19-13-15-20)16-8-10-17(11-9-16)21-4-2;;/h8-11,18-19H,3-7,12-15H2,1-2H3;2*1H/t18-;;/m1../s1. The Morgan fingerprint density at radius 1 is 1.04 bits per heavy atom. The smallest absolute Gasteiger partial charge is 0.119 e. The molecule has 1 aliphatic rings. The van der Waals surface area contributed by atoms with Crippen molar-refractivity contribution in [1.29, 1.82) is 0 Å². The summed E-state index contributed by atoms with van der Waals surface area (Å²) >= 11 is 0. The molecule has 0 aliphatic carbocycles. The molecule has 2 rings (SSSR count). The molecule has 1 aromatic rings. The molecule has 1 saturated heterocycles. The number of nitrogens with zero attached hydrogens (tertiary/aromatic N) is 1. The van der Waals surface area contributed by atoms with E-state index in [-0.39, 0.29) is 24.8 Å². The van der Waals surface area contributed by atoms with Crippen LogP contribution in [0.4, 0.5) is 0 Å².